The van der Waals surface area contributed by atoms with Crippen LogP contribution in [0.1, 0.15) is 0 Å². The van der Waals surface area contributed by atoms with Crippen LogP contribution in [0.25, 0.3) is 16.6 Å². The number of nitrogens with zero attached hydrogens (tertiary/aromatic N) is 3. The minimum Gasteiger partial charge on any atom is -0.266 e. The lowest BCUT2D eigenvalue weighted by atomic mass is 10.2. The zero-order chi connectivity index (χ0) is 13.9. The molecule has 20 heavy (non-hydrogen) atoms. The molecule has 0 spiro atoms. The van der Waals surface area contributed by atoms with Crippen molar-refractivity contribution in [2.75, 3.05) is 14.1 Å². The molecular weight excluding hydrogens is 250 g/mol. The van der Waals surface area contributed by atoms with E-state index in [1.54, 1.807) is 0 Å². The van der Waals surface area contributed by atoms with Crippen LogP contribution in [0.5, 0.6) is 0 Å². The van der Waals surface area contributed by atoms with Crippen LogP contribution in [0.4, 0.5) is 11.6 Å². The maximum atomic E-state index is 12.2. The van der Waals surface area contributed by atoms with Crippen molar-refractivity contribution in [3.63, 3.8) is 0 Å². The summed E-state index contributed by atoms with van der Waals surface area (Å²) in [5.41, 5.74) is 3.00. The molecule has 3 aromatic rings. The van der Waals surface area contributed by atoms with Crippen molar-refractivity contribution >= 4 is 22.5 Å². The average molecular weight is 264 g/mol. The van der Waals surface area contributed by atoms with Crippen LogP contribution in [0.2, 0.25) is 0 Å². The number of aromatic nitrogens is 2. The first-order chi connectivity index (χ1) is 9.60. The highest BCUT2D eigenvalue weighted by Crippen LogP contribution is 2.43. The second kappa shape index (κ2) is 3.55. The van der Waals surface area contributed by atoms with Crippen molar-refractivity contribution in [1.82, 2.24) is 14.0 Å². The van der Waals surface area contributed by atoms with Crippen molar-refractivity contribution in [2.24, 2.45) is 0 Å². The number of fused-ring (bicyclic) bond motifs is 5. The van der Waals surface area contributed by atoms with E-state index in [1.807, 2.05) is 36.4 Å². The van der Waals surface area contributed by atoms with Crippen LogP contribution < -0.4 is 10.0 Å². The number of hydrogen-bond acceptors (Lipinski definition) is 2. The van der Waals surface area contributed by atoms with Gasteiger partial charge in [-0.25, -0.2) is 9.05 Å². The lowest BCUT2D eigenvalue weighted by molar-refractivity contribution is 0.538. The van der Waals surface area contributed by atoms with E-state index >= 15 is 0 Å². The van der Waals surface area contributed by atoms with Crippen molar-refractivity contribution in [1.29, 1.82) is 0 Å². The summed E-state index contributed by atoms with van der Waals surface area (Å²) in [6, 6.07) is 15.8. The van der Waals surface area contributed by atoms with Crippen LogP contribution in [-0.2, 0) is 0 Å². The first-order valence-electron chi connectivity index (χ1n) is 6.57. The molecule has 0 N–H and O–H groups in total. The Hall–Kier alpha value is -2.46. The number of rotatable bonds is 0. The predicted octanol–water partition coefficient (Wildman–Crippen LogP) is 2.60. The highest BCUT2D eigenvalue weighted by molar-refractivity contribution is 5.86. The molecule has 2 aromatic carbocycles. The van der Waals surface area contributed by atoms with Gasteiger partial charge in [0.25, 0.3) is 5.56 Å². The van der Waals surface area contributed by atoms with Gasteiger partial charge in [-0.2, -0.15) is 0 Å². The molecule has 98 valence electrons. The summed E-state index contributed by atoms with van der Waals surface area (Å²) < 4.78 is 2.57. The van der Waals surface area contributed by atoms with Crippen molar-refractivity contribution in [2.45, 2.75) is 0 Å². The lowest BCUT2D eigenvalue weighted by Gasteiger charge is -2.21. The minimum absolute atomic E-state index is 0.161. The average Bonchev–Trinajstić information content (AvgIpc) is 2.69. The Bertz CT molecular complexity index is 909. The summed E-state index contributed by atoms with van der Waals surface area (Å²) >= 11 is 0. The van der Waals surface area contributed by atoms with Crippen molar-refractivity contribution < 1.29 is 0 Å². The number of quaternary nitrogens is 1. The maximum Gasteiger partial charge on any atom is 0.322 e. The van der Waals surface area contributed by atoms with Gasteiger partial charge in [0.1, 0.15) is 5.69 Å². The van der Waals surface area contributed by atoms with Crippen LogP contribution in [0.3, 0.4) is 0 Å². The van der Waals surface area contributed by atoms with E-state index in [0.29, 0.717) is 9.87 Å². The maximum absolute atomic E-state index is 12.2. The van der Waals surface area contributed by atoms with Gasteiger partial charge in [0.2, 0.25) is 0 Å². The zero-order valence-corrected chi connectivity index (χ0v) is 11.4. The van der Waals surface area contributed by atoms with E-state index in [4.69, 9.17) is 0 Å². The Morgan fingerprint density at radius 2 is 1.70 bits per heavy atom. The summed E-state index contributed by atoms with van der Waals surface area (Å²) in [5.74, 6) is 0.759. The molecule has 1 aliphatic rings. The van der Waals surface area contributed by atoms with Gasteiger partial charge >= 0.3 is 5.95 Å². The molecule has 0 bridgehead atoms. The van der Waals surface area contributed by atoms with Crippen LogP contribution in [0.15, 0.2) is 53.3 Å². The summed E-state index contributed by atoms with van der Waals surface area (Å²) in [5, 5.41) is 0.660. The zero-order valence-electron chi connectivity index (χ0n) is 11.4. The molecule has 1 aliphatic heterocycles. The predicted molar refractivity (Wildman–Crippen MR) is 80.6 cm³/mol. The number of benzene rings is 2. The fourth-order valence-electron chi connectivity index (χ4n) is 3.00. The summed E-state index contributed by atoms with van der Waals surface area (Å²) in [4.78, 5) is 16.6. The summed E-state index contributed by atoms with van der Waals surface area (Å²) in [6.45, 7) is 0. The van der Waals surface area contributed by atoms with E-state index in [1.165, 1.54) is 0 Å². The highest BCUT2D eigenvalue weighted by Gasteiger charge is 2.39. The molecule has 0 saturated carbocycles. The van der Waals surface area contributed by atoms with Gasteiger partial charge < -0.3 is 0 Å². The number of para-hydroxylation sites is 3. The van der Waals surface area contributed by atoms with Crippen LogP contribution in [-0.4, -0.2) is 23.6 Å². The molecule has 0 radical (unpaired) electrons. The topological polar surface area (TPSA) is 34.9 Å². The van der Waals surface area contributed by atoms with E-state index < -0.39 is 0 Å². The van der Waals surface area contributed by atoms with Gasteiger partial charge in [0, 0.05) is 6.07 Å². The van der Waals surface area contributed by atoms with Gasteiger partial charge in [0.05, 0.1) is 25.0 Å². The van der Waals surface area contributed by atoms with Crippen molar-refractivity contribution in [3.05, 3.63) is 58.9 Å². The Morgan fingerprint density at radius 1 is 1.00 bits per heavy atom. The largest absolute Gasteiger partial charge is 0.322 e. The standard InChI is InChI=1S/C16H14N3O/c1-19(2)14-10-6-5-9-13(14)18-12-8-4-3-7-11(12)15(20)17-16(18)19/h3-10H,1-2H3/q+1. The second-order valence-electron chi connectivity index (χ2n) is 5.51. The van der Waals surface area contributed by atoms with E-state index in [2.05, 4.69) is 35.8 Å². The molecule has 4 nitrogen and oxygen atoms in total. The van der Waals surface area contributed by atoms with Crippen LogP contribution >= 0.6 is 0 Å². The molecule has 0 aliphatic carbocycles. The third-order valence-electron chi connectivity index (χ3n) is 4.00. The normalized spacial score (nSPS) is 15.1. The second-order valence-corrected chi connectivity index (χ2v) is 5.51. The van der Waals surface area contributed by atoms with Gasteiger partial charge in [-0.1, -0.05) is 24.3 Å². The van der Waals surface area contributed by atoms with Gasteiger partial charge in [-0.05, 0) is 18.2 Å². The van der Waals surface area contributed by atoms with E-state index in [-0.39, 0.29) is 5.56 Å². The third-order valence-corrected chi connectivity index (χ3v) is 4.00. The summed E-state index contributed by atoms with van der Waals surface area (Å²) in [6.07, 6.45) is 0. The molecule has 0 fully saturated rings. The Kier molecular flexibility index (Phi) is 2.02. The molecule has 1 aromatic heterocycles. The fraction of sp³-hybridized carbons (Fsp3) is 0.125. The van der Waals surface area contributed by atoms with Gasteiger partial charge in [-0.3, -0.25) is 4.79 Å². The monoisotopic (exact) mass is 264 g/mol. The molecule has 0 unspecified atom stereocenters. The van der Waals surface area contributed by atoms with E-state index in [0.717, 1.165) is 22.8 Å². The summed E-state index contributed by atoms with van der Waals surface area (Å²) in [7, 11) is 4.11. The van der Waals surface area contributed by atoms with Crippen LogP contribution in [0, 0.1) is 0 Å². The minimum atomic E-state index is -0.161. The quantitative estimate of drug-likeness (QED) is 0.585. The molecule has 4 heteroatoms. The molecular formula is C16H14N3O+. The lowest BCUT2D eigenvalue weighted by Crippen LogP contribution is -2.35. The highest BCUT2D eigenvalue weighted by atomic mass is 16.1. The molecule has 0 saturated heterocycles. The van der Waals surface area contributed by atoms with Crippen molar-refractivity contribution in [3.8, 4) is 5.69 Å². The molecule has 0 atom stereocenters. The Labute approximate surface area is 116 Å². The first kappa shape index (κ1) is 11.4. The fourth-order valence-corrected chi connectivity index (χ4v) is 3.00. The number of hydrogen-bond donors (Lipinski definition) is 0. The van der Waals surface area contributed by atoms with Gasteiger partial charge in [-0.15, -0.1) is 4.98 Å². The van der Waals surface area contributed by atoms with E-state index in [9.17, 15) is 4.79 Å². The SMILES string of the molecule is C[N+]1(C)c2ccccc2-n2c1nc(=O)c1ccccc12. The van der Waals surface area contributed by atoms with Gasteiger partial charge in [0.15, 0.2) is 5.69 Å². The molecule has 4 rings (SSSR count). The Balaban J connectivity index is 2.28. The molecule has 0 amide bonds. The molecule has 2 heterocycles. The first-order valence-corrected chi connectivity index (χ1v) is 6.57. The Morgan fingerprint density at radius 3 is 2.55 bits per heavy atom. The third kappa shape index (κ3) is 1.24. The smallest absolute Gasteiger partial charge is 0.266 e.